The molecule has 3 fully saturated rings. The van der Waals surface area contributed by atoms with Crippen molar-refractivity contribution in [2.24, 2.45) is 11.8 Å². The highest BCUT2D eigenvalue weighted by molar-refractivity contribution is 6.05. The standard InChI is InChI=1S/C25H28N8O2/c1-31-10-14-12-32(13-15(14)11-31)25-27-9-17-21(34)20(24(35)28-16-6-7-26-8-16)23-29-18-4-2-3-5-19(18)33(23)22(17)30-25/h2-5,9,14-16,26,29H,6-8,10-13H2,1H3,(H,28,35). The summed E-state index contributed by atoms with van der Waals surface area (Å²) in [6.45, 7) is 5.58. The van der Waals surface area contributed by atoms with Crippen LogP contribution >= 0.6 is 0 Å². The summed E-state index contributed by atoms with van der Waals surface area (Å²) in [7, 11) is 2.17. The Morgan fingerprint density at radius 2 is 1.94 bits per heavy atom. The molecule has 3 atom stereocenters. The fraction of sp³-hybridized carbons (Fsp3) is 0.440. The van der Waals surface area contributed by atoms with Crippen LogP contribution in [0.1, 0.15) is 16.8 Å². The Morgan fingerprint density at radius 3 is 2.71 bits per heavy atom. The number of para-hydroxylation sites is 2. The van der Waals surface area contributed by atoms with E-state index in [1.165, 1.54) is 0 Å². The van der Waals surface area contributed by atoms with E-state index >= 15 is 0 Å². The number of nitrogens with zero attached hydrogens (tertiary/aromatic N) is 5. The van der Waals surface area contributed by atoms with Gasteiger partial charge < -0.3 is 25.4 Å². The molecule has 0 spiro atoms. The highest BCUT2D eigenvalue weighted by Crippen LogP contribution is 2.32. The van der Waals surface area contributed by atoms with Crippen molar-refractivity contribution in [2.75, 3.05) is 51.2 Å². The second-order valence-electron chi connectivity index (χ2n) is 10.2. The fourth-order valence-corrected chi connectivity index (χ4v) is 6.20. The van der Waals surface area contributed by atoms with Gasteiger partial charge in [0.2, 0.25) is 11.4 Å². The van der Waals surface area contributed by atoms with Crippen molar-refractivity contribution >= 4 is 39.6 Å². The Balaban J connectivity index is 1.40. The van der Waals surface area contributed by atoms with Crippen LogP contribution in [0.4, 0.5) is 5.95 Å². The number of hydrogen-bond acceptors (Lipinski definition) is 7. The van der Waals surface area contributed by atoms with Crippen LogP contribution in [0, 0.1) is 11.8 Å². The molecule has 3 saturated heterocycles. The first kappa shape index (κ1) is 20.8. The normalized spacial score (nSPS) is 24.7. The third-order valence-electron chi connectivity index (χ3n) is 7.87. The van der Waals surface area contributed by atoms with Crippen LogP contribution in [0.2, 0.25) is 0 Å². The number of pyridine rings is 1. The number of amides is 1. The molecule has 0 aliphatic carbocycles. The number of nitrogens with one attached hydrogen (secondary N) is 3. The first-order chi connectivity index (χ1) is 17.1. The number of likely N-dealkylation sites (tertiary alicyclic amines) is 1. The van der Waals surface area contributed by atoms with Crippen molar-refractivity contribution in [2.45, 2.75) is 12.5 Å². The van der Waals surface area contributed by atoms with E-state index in [0.29, 0.717) is 41.0 Å². The number of carbonyl (C=O) groups is 1. The average molecular weight is 473 g/mol. The van der Waals surface area contributed by atoms with Crippen molar-refractivity contribution in [3.8, 4) is 0 Å². The van der Waals surface area contributed by atoms with E-state index in [1.54, 1.807) is 6.20 Å². The number of H-pyrrole nitrogens is 1. The number of imidazole rings is 1. The zero-order valence-corrected chi connectivity index (χ0v) is 19.6. The van der Waals surface area contributed by atoms with Crippen molar-refractivity contribution in [1.82, 2.24) is 34.9 Å². The molecule has 4 aromatic rings. The summed E-state index contributed by atoms with van der Waals surface area (Å²) in [5, 5.41) is 6.63. The molecule has 10 nitrogen and oxygen atoms in total. The van der Waals surface area contributed by atoms with Crippen LogP contribution in [0.15, 0.2) is 35.3 Å². The maximum Gasteiger partial charge on any atom is 0.259 e. The summed E-state index contributed by atoms with van der Waals surface area (Å²) in [6.07, 6.45) is 2.44. The molecule has 0 bridgehead atoms. The monoisotopic (exact) mass is 472 g/mol. The molecule has 1 amide bonds. The van der Waals surface area contributed by atoms with Gasteiger partial charge in [0.1, 0.15) is 11.2 Å². The Kier molecular flexibility index (Phi) is 4.62. The van der Waals surface area contributed by atoms with Crippen molar-refractivity contribution < 1.29 is 4.79 Å². The number of hydrogen-bond donors (Lipinski definition) is 3. The van der Waals surface area contributed by atoms with E-state index in [1.807, 2.05) is 28.7 Å². The Labute approximate surface area is 201 Å². The second kappa shape index (κ2) is 7.76. The topological polar surface area (TPSA) is 111 Å². The van der Waals surface area contributed by atoms with Gasteiger partial charge in [0.25, 0.3) is 5.91 Å². The second-order valence-corrected chi connectivity index (χ2v) is 10.2. The van der Waals surface area contributed by atoms with Gasteiger partial charge in [0, 0.05) is 45.0 Å². The van der Waals surface area contributed by atoms with Crippen LogP contribution in [-0.4, -0.2) is 82.5 Å². The van der Waals surface area contributed by atoms with Gasteiger partial charge in [-0.15, -0.1) is 0 Å². The molecule has 3 N–H and O–H groups in total. The predicted octanol–water partition coefficient (Wildman–Crippen LogP) is 0.814. The molecule has 0 radical (unpaired) electrons. The Bertz CT molecular complexity index is 1520. The molecule has 180 valence electrons. The van der Waals surface area contributed by atoms with Crippen molar-refractivity contribution in [3.63, 3.8) is 0 Å². The highest BCUT2D eigenvalue weighted by Gasteiger charge is 2.39. The molecule has 35 heavy (non-hydrogen) atoms. The maximum absolute atomic E-state index is 13.7. The van der Waals surface area contributed by atoms with Gasteiger partial charge in [-0.25, -0.2) is 4.98 Å². The zero-order chi connectivity index (χ0) is 23.7. The van der Waals surface area contributed by atoms with Crippen LogP contribution in [0.25, 0.3) is 27.7 Å². The summed E-state index contributed by atoms with van der Waals surface area (Å²) < 4.78 is 1.91. The van der Waals surface area contributed by atoms with E-state index in [4.69, 9.17) is 4.98 Å². The highest BCUT2D eigenvalue weighted by atomic mass is 16.2. The van der Waals surface area contributed by atoms with Crippen molar-refractivity contribution in [3.05, 3.63) is 46.2 Å². The number of aromatic nitrogens is 4. The number of fused-ring (bicyclic) bond motifs is 6. The zero-order valence-electron chi connectivity index (χ0n) is 19.6. The van der Waals surface area contributed by atoms with Gasteiger partial charge in [-0.05, 0) is 44.0 Å². The van der Waals surface area contributed by atoms with Gasteiger partial charge in [-0.2, -0.15) is 4.98 Å². The van der Waals surface area contributed by atoms with Crippen LogP contribution in [0.5, 0.6) is 0 Å². The molecule has 3 unspecified atom stereocenters. The molecular formula is C25H28N8O2. The lowest BCUT2D eigenvalue weighted by molar-refractivity contribution is 0.0940. The van der Waals surface area contributed by atoms with Gasteiger partial charge in [-0.3, -0.25) is 14.0 Å². The Hall–Kier alpha value is -3.50. The number of anilines is 1. The molecule has 0 saturated carbocycles. The summed E-state index contributed by atoms with van der Waals surface area (Å²) in [4.78, 5) is 44.5. The van der Waals surface area contributed by atoms with Crippen molar-refractivity contribution in [1.29, 1.82) is 0 Å². The lowest BCUT2D eigenvalue weighted by atomic mass is 10.0. The predicted molar refractivity (Wildman–Crippen MR) is 134 cm³/mol. The molecule has 10 heteroatoms. The number of aromatic amines is 1. The Morgan fingerprint density at radius 1 is 1.14 bits per heavy atom. The number of rotatable bonds is 3. The lowest BCUT2D eigenvalue weighted by Crippen LogP contribution is -2.39. The minimum atomic E-state index is -0.366. The minimum Gasteiger partial charge on any atom is -0.348 e. The molecular weight excluding hydrogens is 444 g/mol. The van der Waals surface area contributed by atoms with Gasteiger partial charge >= 0.3 is 0 Å². The molecule has 3 aliphatic heterocycles. The van der Waals surface area contributed by atoms with Crippen LogP contribution in [-0.2, 0) is 0 Å². The van der Waals surface area contributed by atoms with E-state index in [2.05, 4.69) is 37.4 Å². The van der Waals surface area contributed by atoms with E-state index in [0.717, 1.165) is 50.2 Å². The fourth-order valence-electron chi connectivity index (χ4n) is 6.20. The van der Waals surface area contributed by atoms with Crippen LogP contribution < -0.4 is 21.0 Å². The largest absolute Gasteiger partial charge is 0.348 e. The van der Waals surface area contributed by atoms with Gasteiger partial charge in [-0.1, -0.05) is 12.1 Å². The van der Waals surface area contributed by atoms with E-state index in [9.17, 15) is 9.59 Å². The summed E-state index contributed by atoms with van der Waals surface area (Å²) in [6, 6.07) is 7.81. The lowest BCUT2D eigenvalue weighted by Gasteiger charge is -2.19. The third kappa shape index (κ3) is 3.24. The summed E-state index contributed by atoms with van der Waals surface area (Å²) in [5.41, 5.74) is 2.47. The first-order valence-electron chi connectivity index (χ1n) is 12.3. The third-order valence-corrected chi connectivity index (χ3v) is 7.87. The van der Waals surface area contributed by atoms with Crippen LogP contribution in [0.3, 0.4) is 0 Å². The van der Waals surface area contributed by atoms with Gasteiger partial charge in [0.15, 0.2) is 5.65 Å². The minimum absolute atomic E-state index is 0.00862. The maximum atomic E-state index is 13.7. The number of benzene rings is 1. The molecule has 6 heterocycles. The molecule has 7 rings (SSSR count). The molecule has 3 aromatic heterocycles. The number of carbonyl (C=O) groups excluding carboxylic acids is 1. The quantitative estimate of drug-likeness (QED) is 0.405. The smallest absolute Gasteiger partial charge is 0.259 e. The van der Waals surface area contributed by atoms with E-state index in [-0.39, 0.29) is 22.9 Å². The van der Waals surface area contributed by atoms with Gasteiger partial charge in [0.05, 0.1) is 16.4 Å². The average Bonchev–Trinajstić information content (AvgIpc) is 3.62. The SMILES string of the molecule is CN1CC2CN(c3ncc4c(=O)c(C(=O)NC5CCNC5)c5[nH]c6ccccc6n5c4n3)CC2C1. The van der Waals surface area contributed by atoms with E-state index < -0.39 is 0 Å². The first-order valence-corrected chi connectivity index (χ1v) is 12.3. The summed E-state index contributed by atoms with van der Waals surface area (Å²) >= 11 is 0. The summed E-state index contributed by atoms with van der Waals surface area (Å²) in [5.74, 6) is 1.51. The molecule has 1 aromatic carbocycles. The molecule has 3 aliphatic rings.